The Morgan fingerprint density at radius 3 is 2.60 bits per heavy atom. The maximum atomic E-state index is 12.4. The van der Waals surface area contributed by atoms with Crippen molar-refractivity contribution in [3.63, 3.8) is 0 Å². The number of benzene rings is 2. The molecule has 2 aromatic carbocycles. The number of rotatable bonds is 3. The molecule has 0 bridgehead atoms. The van der Waals surface area contributed by atoms with E-state index in [1.165, 1.54) is 28.8 Å². The fourth-order valence-corrected chi connectivity index (χ4v) is 3.25. The highest BCUT2D eigenvalue weighted by atomic mass is 32.2. The third-order valence-corrected chi connectivity index (χ3v) is 4.70. The molecule has 2 aromatic rings. The van der Waals surface area contributed by atoms with E-state index < -0.39 is 4.92 Å². The van der Waals surface area contributed by atoms with Gasteiger partial charge in [0.15, 0.2) is 5.17 Å². The number of amides is 1. The number of hydrogen-bond donors (Lipinski definition) is 0. The second-order valence-electron chi connectivity index (χ2n) is 5.56. The van der Waals surface area contributed by atoms with Gasteiger partial charge in [0.1, 0.15) is 0 Å². The molecule has 1 heterocycles. The van der Waals surface area contributed by atoms with Crippen molar-refractivity contribution in [3.05, 3.63) is 74.7 Å². The number of hydrogen-bond acceptors (Lipinski definition) is 5. The Morgan fingerprint density at radius 2 is 1.92 bits per heavy atom. The lowest BCUT2D eigenvalue weighted by molar-refractivity contribution is -0.384. The summed E-state index contributed by atoms with van der Waals surface area (Å²) in [5.74, 6) is -0.178. The standard InChI is InChI=1S/C18H15N3O3S/c1-12-6-8-14(9-7-12)19-18-20(2)17(22)16(25-18)11-13-4-3-5-15(10-13)21(23)24/h3-11H,1-2H3/b16-11+,19-18?. The Kier molecular flexibility index (Phi) is 4.67. The van der Waals surface area contributed by atoms with E-state index in [1.54, 1.807) is 25.3 Å². The fourth-order valence-electron chi connectivity index (χ4n) is 2.26. The quantitative estimate of drug-likeness (QED) is 0.472. The minimum Gasteiger partial charge on any atom is -0.290 e. The SMILES string of the molecule is Cc1ccc(N=C2S/C(=C/c3cccc([N+](=O)[O-])c3)C(=O)N2C)cc1. The molecule has 0 N–H and O–H groups in total. The molecule has 25 heavy (non-hydrogen) atoms. The molecule has 0 aliphatic carbocycles. The Hall–Kier alpha value is -2.93. The number of likely N-dealkylation sites (N-methyl/N-ethyl adjacent to an activating group) is 1. The minimum absolute atomic E-state index is 0.00769. The average Bonchev–Trinajstić information content (AvgIpc) is 2.85. The van der Waals surface area contributed by atoms with E-state index in [-0.39, 0.29) is 11.6 Å². The van der Waals surface area contributed by atoms with Crippen molar-refractivity contribution >= 4 is 40.3 Å². The smallest absolute Gasteiger partial charge is 0.270 e. The van der Waals surface area contributed by atoms with Gasteiger partial charge in [0, 0.05) is 19.2 Å². The van der Waals surface area contributed by atoms with E-state index in [1.807, 2.05) is 31.2 Å². The molecule has 1 saturated heterocycles. The number of nitro benzene ring substituents is 1. The third kappa shape index (κ3) is 3.77. The van der Waals surface area contributed by atoms with Gasteiger partial charge in [-0.05, 0) is 42.5 Å². The molecule has 0 unspecified atom stereocenters. The van der Waals surface area contributed by atoms with Crippen LogP contribution < -0.4 is 0 Å². The summed E-state index contributed by atoms with van der Waals surface area (Å²) in [5.41, 5.74) is 2.50. The van der Waals surface area contributed by atoms with Crippen LogP contribution in [0.3, 0.4) is 0 Å². The van der Waals surface area contributed by atoms with Crippen molar-refractivity contribution in [1.29, 1.82) is 0 Å². The normalized spacial score (nSPS) is 17.5. The molecule has 0 spiro atoms. The van der Waals surface area contributed by atoms with Crippen LogP contribution in [0.25, 0.3) is 6.08 Å². The van der Waals surface area contributed by atoms with Gasteiger partial charge < -0.3 is 0 Å². The maximum absolute atomic E-state index is 12.4. The van der Waals surface area contributed by atoms with Crippen molar-refractivity contribution in [2.24, 2.45) is 4.99 Å². The van der Waals surface area contributed by atoms with Crippen LogP contribution in [0.2, 0.25) is 0 Å². The van der Waals surface area contributed by atoms with Gasteiger partial charge in [-0.25, -0.2) is 4.99 Å². The first kappa shape index (κ1) is 16.9. The van der Waals surface area contributed by atoms with Crippen LogP contribution in [-0.4, -0.2) is 27.9 Å². The summed E-state index contributed by atoms with van der Waals surface area (Å²) in [4.78, 5) is 29.3. The molecule has 7 heteroatoms. The Morgan fingerprint density at radius 1 is 1.20 bits per heavy atom. The van der Waals surface area contributed by atoms with E-state index >= 15 is 0 Å². The molecule has 0 atom stereocenters. The van der Waals surface area contributed by atoms with Gasteiger partial charge in [0.2, 0.25) is 0 Å². The number of nitrogens with zero attached hydrogens (tertiary/aromatic N) is 3. The molecule has 0 saturated carbocycles. The van der Waals surface area contributed by atoms with Gasteiger partial charge >= 0.3 is 0 Å². The number of amidine groups is 1. The van der Waals surface area contributed by atoms with Crippen LogP contribution in [0.4, 0.5) is 11.4 Å². The second-order valence-corrected chi connectivity index (χ2v) is 6.57. The number of carbonyl (C=O) groups excluding carboxylic acids is 1. The molecule has 0 aromatic heterocycles. The fraction of sp³-hybridized carbons (Fsp3) is 0.111. The van der Waals surface area contributed by atoms with Crippen LogP contribution in [0.1, 0.15) is 11.1 Å². The number of thioether (sulfide) groups is 1. The molecule has 3 rings (SSSR count). The summed E-state index contributed by atoms with van der Waals surface area (Å²) in [7, 11) is 1.66. The van der Waals surface area contributed by atoms with Crippen molar-refractivity contribution in [2.75, 3.05) is 7.05 Å². The Bertz CT molecular complexity index is 904. The number of aliphatic imine (C=N–C) groups is 1. The number of non-ortho nitro benzene ring substituents is 1. The predicted octanol–water partition coefficient (Wildman–Crippen LogP) is 4.14. The zero-order chi connectivity index (χ0) is 18.0. The van der Waals surface area contributed by atoms with Crippen molar-refractivity contribution in [2.45, 2.75) is 6.92 Å². The zero-order valence-corrected chi connectivity index (χ0v) is 14.5. The van der Waals surface area contributed by atoms with Crippen LogP contribution in [0.15, 0.2) is 58.4 Å². The molecular weight excluding hydrogens is 338 g/mol. The van der Waals surface area contributed by atoms with E-state index in [0.717, 1.165) is 11.3 Å². The molecule has 6 nitrogen and oxygen atoms in total. The van der Waals surface area contributed by atoms with Gasteiger partial charge in [-0.15, -0.1) is 0 Å². The van der Waals surface area contributed by atoms with Crippen molar-refractivity contribution in [3.8, 4) is 0 Å². The Labute approximate surface area is 149 Å². The molecule has 1 aliphatic rings. The lowest BCUT2D eigenvalue weighted by atomic mass is 10.2. The topological polar surface area (TPSA) is 75.8 Å². The molecule has 1 fully saturated rings. The van der Waals surface area contributed by atoms with Gasteiger partial charge in [-0.3, -0.25) is 19.8 Å². The van der Waals surface area contributed by atoms with E-state index in [2.05, 4.69) is 4.99 Å². The number of carbonyl (C=O) groups is 1. The summed E-state index contributed by atoms with van der Waals surface area (Å²) >= 11 is 1.25. The molecular formula is C18H15N3O3S. The molecule has 1 aliphatic heterocycles. The van der Waals surface area contributed by atoms with E-state index in [4.69, 9.17) is 0 Å². The zero-order valence-electron chi connectivity index (χ0n) is 13.7. The van der Waals surface area contributed by atoms with Crippen LogP contribution in [0.5, 0.6) is 0 Å². The minimum atomic E-state index is -0.456. The van der Waals surface area contributed by atoms with Crippen molar-refractivity contribution in [1.82, 2.24) is 4.90 Å². The van der Waals surface area contributed by atoms with Crippen molar-refractivity contribution < 1.29 is 9.72 Å². The average molecular weight is 353 g/mol. The molecule has 126 valence electrons. The van der Waals surface area contributed by atoms with Gasteiger partial charge in [-0.1, -0.05) is 29.8 Å². The van der Waals surface area contributed by atoms with Gasteiger partial charge in [0.25, 0.3) is 11.6 Å². The van der Waals surface area contributed by atoms with Crippen LogP contribution in [-0.2, 0) is 4.79 Å². The largest absolute Gasteiger partial charge is 0.290 e. The number of nitro groups is 1. The first-order chi connectivity index (χ1) is 11.9. The highest BCUT2D eigenvalue weighted by Crippen LogP contribution is 2.33. The monoisotopic (exact) mass is 353 g/mol. The number of aryl methyl sites for hydroxylation is 1. The third-order valence-electron chi connectivity index (χ3n) is 3.64. The first-order valence-corrected chi connectivity index (χ1v) is 8.33. The summed E-state index contributed by atoms with van der Waals surface area (Å²) in [5, 5.41) is 11.4. The Balaban J connectivity index is 1.89. The summed E-state index contributed by atoms with van der Waals surface area (Å²) < 4.78 is 0. The molecule has 1 amide bonds. The van der Waals surface area contributed by atoms with E-state index in [0.29, 0.717) is 15.6 Å². The second kappa shape index (κ2) is 6.90. The first-order valence-electron chi connectivity index (χ1n) is 7.51. The van der Waals surface area contributed by atoms with Crippen LogP contribution in [0, 0.1) is 17.0 Å². The lowest BCUT2D eigenvalue weighted by Gasteiger charge is -2.07. The van der Waals surface area contributed by atoms with Crippen LogP contribution >= 0.6 is 11.8 Å². The van der Waals surface area contributed by atoms with Gasteiger partial charge in [0.05, 0.1) is 15.5 Å². The maximum Gasteiger partial charge on any atom is 0.270 e. The summed E-state index contributed by atoms with van der Waals surface area (Å²) in [6, 6.07) is 13.9. The van der Waals surface area contributed by atoms with Gasteiger partial charge in [-0.2, -0.15) is 0 Å². The highest BCUT2D eigenvalue weighted by molar-refractivity contribution is 8.18. The summed E-state index contributed by atoms with van der Waals surface area (Å²) in [6.07, 6.45) is 1.65. The highest BCUT2D eigenvalue weighted by Gasteiger charge is 2.30. The summed E-state index contributed by atoms with van der Waals surface area (Å²) in [6.45, 7) is 2.00. The lowest BCUT2D eigenvalue weighted by Crippen LogP contribution is -2.23. The van der Waals surface area contributed by atoms with E-state index in [9.17, 15) is 14.9 Å². The molecule has 0 radical (unpaired) electrons. The predicted molar refractivity (Wildman–Crippen MR) is 99.7 cm³/mol.